The fourth-order valence-corrected chi connectivity index (χ4v) is 3.44. The summed E-state index contributed by atoms with van der Waals surface area (Å²) in [5.41, 5.74) is 0.869. The lowest BCUT2D eigenvalue weighted by Gasteiger charge is -2.25. The number of amides is 1. The summed E-state index contributed by atoms with van der Waals surface area (Å²) >= 11 is 5.91. The highest BCUT2D eigenvalue weighted by Crippen LogP contribution is 2.30. The minimum atomic E-state index is -3.71. The zero-order valence-corrected chi connectivity index (χ0v) is 12.5. The molecule has 2 rings (SSSR count). The molecule has 0 N–H and O–H groups in total. The Balaban J connectivity index is 2.21. The van der Waals surface area contributed by atoms with Crippen molar-refractivity contribution >= 4 is 37.2 Å². The van der Waals surface area contributed by atoms with Gasteiger partial charge in [0.15, 0.2) is 0 Å². The number of halogens is 2. The summed E-state index contributed by atoms with van der Waals surface area (Å²) in [6.07, 6.45) is -0.0588. The van der Waals surface area contributed by atoms with Crippen LogP contribution in [0.3, 0.4) is 0 Å². The van der Waals surface area contributed by atoms with Gasteiger partial charge in [0.2, 0.25) is 15.0 Å². The number of hydrogen-bond acceptors (Lipinski definition) is 3. The van der Waals surface area contributed by atoms with Gasteiger partial charge in [-0.3, -0.25) is 4.79 Å². The summed E-state index contributed by atoms with van der Waals surface area (Å²) in [6.45, 7) is 1.96. The zero-order chi connectivity index (χ0) is 14.2. The second kappa shape index (κ2) is 5.31. The van der Waals surface area contributed by atoms with Crippen molar-refractivity contribution in [2.45, 2.75) is 24.6 Å². The predicted molar refractivity (Wildman–Crippen MR) is 74.8 cm³/mol. The third kappa shape index (κ3) is 3.22. The molecule has 1 amide bonds. The van der Waals surface area contributed by atoms with E-state index >= 15 is 0 Å². The first-order chi connectivity index (χ1) is 8.79. The number of hydrogen-bond donors (Lipinski definition) is 0. The molecule has 2 unspecified atom stereocenters. The van der Waals surface area contributed by atoms with Gasteiger partial charge in [-0.2, -0.15) is 0 Å². The number of carbonyl (C=O) groups is 1. The Morgan fingerprint density at radius 1 is 1.42 bits per heavy atom. The average molecular weight is 322 g/mol. The van der Waals surface area contributed by atoms with Crippen LogP contribution < -0.4 is 0 Å². The minimum absolute atomic E-state index is 0.0588. The Labute approximate surface area is 121 Å². The van der Waals surface area contributed by atoms with E-state index in [1.165, 1.54) is 4.90 Å². The maximum absolute atomic E-state index is 11.9. The first kappa shape index (κ1) is 14.6. The Morgan fingerprint density at radius 3 is 2.63 bits per heavy atom. The van der Waals surface area contributed by atoms with Gasteiger partial charge in [-0.15, -0.1) is 0 Å². The van der Waals surface area contributed by atoms with Gasteiger partial charge in [0.1, 0.15) is 5.25 Å². The van der Waals surface area contributed by atoms with Crippen LogP contribution in [0.4, 0.5) is 0 Å². The van der Waals surface area contributed by atoms with Crippen LogP contribution in [-0.2, 0) is 13.8 Å². The third-order valence-electron chi connectivity index (χ3n) is 3.32. The van der Waals surface area contributed by atoms with Crippen molar-refractivity contribution in [3.8, 4) is 0 Å². The van der Waals surface area contributed by atoms with Crippen molar-refractivity contribution in [1.82, 2.24) is 4.90 Å². The van der Waals surface area contributed by atoms with Crippen molar-refractivity contribution in [3.63, 3.8) is 0 Å². The highest BCUT2D eigenvalue weighted by Gasteiger charge is 2.39. The highest BCUT2D eigenvalue weighted by atomic mass is 35.7. The number of benzene rings is 1. The number of carbonyl (C=O) groups excluding carboxylic acids is 1. The second-order valence-corrected chi connectivity index (χ2v) is 7.92. The molecule has 1 fully saturated rings. The van der Waals surface area contributed by atoms with Gasteiger partial charge < -0.3 is 4.90 Å². The summed E-state index contributed by atoms with van der Waals surface area (Å²) in [7, 11) is 1.61. The van der Waals surface area contributed by atoms with Crippen LogP contribution in [0, 0.1) is 0 Å². The molecule has 2 atom stereocenters. The first-order valence-electron chi connectivity index (χ1n) is 5.77. The van der Waals surface area contributed by atoms with Crippen molar-refractivity contribution in [3.05, 3.63) is 34.9 Å². The molecule has 1 aliphatic heterocycles. The molecule has 0 aliphatic carbocycles. The second-order valence-electron chi connectivity index (χ2n) is 4.58. The van der Waals surface area contributed by atoms with Crippen LogP contribution in [0.2, 0.25) is 5.02 Å². The van der Waals surface area contributed by atoms with Gasteiger partial charge in [0, 0.05) is 28.7 Å². The van der Waals surface area contributed by atoms with E-state index in [1.54, 1.807) is 18.2 Å². The minimum Gasteiger partial charge on any atom is -0.335 e. The molecule has 0 spiro atoms. The van der Waals surface area contributed by atoms with Crippen LogP contribution >= 0.6 is 22.3 Å². The van der Waals surface area contributed by atoms with Gasteiger partial charge >= 0.3 is 0 Å². The fourth-order valence-electron chi connectivity index (χ4n) is 2.21. The molecule has 7 heteroatoms. The Kier molecular flexibility index (Phi) is 4.08. The van der Waals surface area contributed by atoms with E-state index in [-0.39, 0.29) is 24.9 Å². The fraction of sp³-hybridized carbons (Fsp3) is 0.417. The monoisotopic (exact) mass is 321 g/mol. The molecule has 1 heterocycles. The quantitative estimate of drug-likeness (QED) is 0.804. The summed E-state index contributed by atoms with van der Waals surface area (Å²) in [4.78, 5) is 13.4. The molecule has 1 aromatic rings. The van der Waals surface area contributed by atoms with Gasteiger partial charge in [0.25, 0.3) is 0 Å². The molecule has 1 aliphatic rings. The van der Waals surface area contributed by atoms with E-state index < -0.39 is 14.3 Å². The molecule has 4 nitrogen and oxygen atoms in total. The molecule has 19 heavy (non-hydrogen) atoms. The molecule has 1 aromatic carbocycles. The van der Waals surface area contributed by atoms with E-state index in [0.717, 1.165) is 5.56 Å². The van der Waals surface area contributed by atoms with Crippen LogP contribution in [0.25, 0.3) is 0 Å². The topological polar surface area (TPSA) is 54.5 Å². The first-order valence-corrected chi connectivity index (χ1v) is 8.52. The molecule has 0 saturated carbocycles. The standard InChI is InChI=1S/C12H13Cl2NO3S/c1-8(9-3-2-4-10(13)5-9)15-7-11(6-12(15)16)19(14,17)18/h2-5,8,11H,6-7H2,1H3. The summed E-state index contributed by atoms with van der Waals surface area (Å²) in [5.74, 6) is -0.207. The van der Waals surface area contributed by atoms with E-state index in [9.17, 15) is 13.2 Å². The number of likely N-dealkylation sites (tertiary alicyclic amines) is 1. The smallest absolute Gasteiger partial charge is 0.237 e. The molecule has 0 aromatic heterocycles. The molecule has 104 valence electrons. The Morgan fingerprint density at radius 2 is 2.11 bits per heavy atom. The molecule has 0 bridgehead atoms. The van der Waals surface area contributed by atoms with E-state index in [2.05, 4.69) is 0 Å². The van der Waals surface area contributed by atoms with Gasteiger partial charge in [-0.05, 0) is 24.6 Å². The summed E-state index contributed by atoms with van der Waals surface area (Å²) < 4.78 is 22.6. The third-order valence-corrected chi connectivity index (χ3v) is 5.42. The van der Waals surface area contributed by atoms with Crippen LogP contribution in [0.1, 0.15) is 24.9 Å². The Bertz CT molecular complexity index is 603. The van der Waals surface area contributed by atoms with E-state index in [0.29, 0.717) is 5.02 Å². The Hall–Kier alpha value is -0.780. The van der Waals surface area contributed by atoms with Crippen molar-refractivity contribution in [2.24, 2.45) is 0 Å². The van der Waals surface area contributed by atoms with Gasteiger partial charge in [-0.1, -0.05) is 23.7 Å². The zero-order valence-electron chi connectivity index (χ0n) is 10.2. The van der Waals surface area contributed by atoms with Crippen molar-refractivity contribution < 1.29 is 13.2 Å². The maximum Gasteiger partial charge on any atom is 0.237 e. The lowest BCUT2D eigenvalue weighted by atomic mass is 10.1. The van der Waals surface area contributed by atoms with Gasteiger partial charge in [-0.25, -0.2) is 8.42 Å². The largest absolute Gasteiger partial charge is 0.335 e. The van der Waals surface area contributed by atoms with Crippen molar-refractivity contribution in [2.75, 3.05) is 6.54 Å². The average Bonchev–Trinajstić information content (AvgIpc) is 2.70. The number of rotatable bonds is 3. The lowest BCUT2D eigenvalue weighted by molar-refractivity contribution is -0.129. The van der Waals surface area contributed by atoms with Crippen LogP contribution in [0.5, 0.6) is 0 Å². The van der Waals surface area contributed by atoms with Gasteiger partial charge in [0.05, 0.1) is 6.04 Å². The molecular weight excluding hydrogens is 309 g/mol. The SMILES string of the molecule is CC(c1cccc(Cl)c1)N1CC(S(=O)(=O)Cl)CC1=O. The maximum atomic E-state index is 11.9. The van der Waals surface area contributed by atoms with E-state index in [1.807, 2.05) is 13.0 Å². The summed E-state index contributed by atoms with van der Waals surface area (Å²) in [5, 5.41) is -0.249. The number of nitrogens with zero attached hydrogens (tertiary/aromatic N) is 1. The van der Waals surface area contributed by atoms with Crippen LogP contribution in [-0.4, -0.2) is 31.0 Å². The lowest BCUT2D eigenvalue weighted by Crippen LogP contribution is -2.30. The summed E-state index contributed by atoms with van der Waals surface area (Å²) in [6, 6.07) is 6.93. The molecule has 1 saturated heterocycles. The van der Waals surface area contributed by atoms with Crippen LogP contribution in [0.15, 0.2) is 24.3 Å². The normalized spacial score (nSPS) is 21.7. The molecule has 0 radical (unpaired) electrons. The highest BCUT2D eigenvalue weighted by molar-refractivity contribution is 8.14. The van der Waals surface area contributed by atoms with E-state index in [4.69, 9.17) is 22.3 Å². The molecular formula is C12H13Cl2NO3S. The predicted octanol–water partition coefficient (Wildman–Crippen LogP) is 2.57. The van der Waals surface area contributed by atoms with Crippen molar-refractivity contribution in [1.29, 1.82) is 0 Å².